The maximum absolute atomic E-state index is 17.9. The number of likely N-dealkylation sites (N-methyl/N-ethyl adjacent to an activating group) is 7. The maximum Gasteiger partial charge on any atom is 0.511 e. The molecular formula is C95H153FN12O23. The molecular weight excluding hydrogens is 1700 g/mol. The standard InChI is InChI=1S/C95H153FN12O23/c1-30-32-33-57(17)79(131-91(126)130-49-129-74(114)37-36-72(112)100-76(55(13)14)90(125)128-48-71(111)95(127)58(18)44-64-63-35-34-61-45-62(109)38-39-92(61,21)94(63,96)70(110)46-93(64,95)22)78-83(118)99-65(31-2)85(120)102(23)47-73(113)103(24)66(40-50(3)4)82(117)101-75(54(11)12)88(123)104(25)67(41-51(5)6)81(116)97-59(19)80(115)98-60(20)84(119)105(26)68(42-52(7)8)86(121)106(27)69(43-53(9)10)87(122)107(28)77(56(15)16)89(124)108(78)29/h30,32,38-39,45,50-60,63-70,75-79,110,127H,31,33-37,40-44,46-49H2,1-29H3,(H,97,116)(H,98,115)(H,99,118)(H,100,112)(H,101,117)/b32-30+/t57-,58-,59?,60?,63?,64?,65-,66+,67-,68?,69-,70+,75?,76?,77?,78-,79?,92+,93+,94+,95+/m1/s1. The van der Waals surface area contributed by atoms with E-state index in [1.807, 2.05) is 55.4 Å². The molecule has 0 aromatic rings. The first-order valence-electron chi connectivity index (χ1n) is 46.4. The Morgan fingerprint density at radius 3 is 1.65 bits per heavy atom. The van der Waals surface area contributed by atoms with E-state index in [4.69, 9.17) is 18.9 Å². The van der Waals surface area contributed by atoms with Crippen LogP contribution in [0.15, 0.2) is 36.0 Å². The van der Waals surface area contributed by atoms with Crippen molar-refractivity contribution in [3.8, 4) is 0 Å². The van der Waals surface area contributed by atoms with Crippen molar-refractivity contribution < 1.29 is 115 Å². The number of fused-ring (bicyclic) bond motifs is 5. The van der Waals surface area contributed by atoms with Gasteiger partial charge in [0.1, 0.15) is 78.2 Å². The number of carbonyl (C=O) groups is 17. The zero-order valence-corrected chi connectivity index (χ0v) is 82.8. The van der Waals surface area contributed by atoms with Crippen molar-refractivity contribution in [3.63, 3.8) is 0 Å². The number of halogens is 1. The Hall–Kier alpha value is -9.74. The third-order valence-corrected chi connectivity index (χ3v) is 27.5. The van der Waals surface area contributed by atoms with E-state index in [9.17, 15) is 72.5 Å². The summed E-state index contributed by atoms with van der Waals surface area (Å²) in [5, 5.41) is 37.9. The molecule has 1 aliphatic heterocycles. The SMILES string of the molecule is C/C=C/C[C@@H](C)C(OC(=O)OCOC(=O)CCC(=O)NC(C(=O)OCC(=O)[C@@]1(O)[C@H](C)CC2C3CCC4=CC(=O)C=C[C@]4(C)[C@@]3(F)[C@@H](O)C[C@@]21C)C(C)C)[C@@H]1C(=O)N[C@H](CC)C(=O)N(C)CC(=O)N(C)[C@@H](CC(C)C)C(=O)NC(C(C)C)C(=O)N(C)[C@H](CC(C)C)C(=O)NC(C)C(=O)NC(C)C(=O)N(C)C(CC(C)C)C(=O)N(C)[C@H](CC(C)C)C(=O)N(C)C(C(C)C)C(=O)N1C. The summed E-state index contributed by atoms with van der Waals surface area (Å²) in [4.78, 5) is 255. The number of ketones is 2. The molecule has 7 N–H and O–H groups in total. The lowest BCUT2D eigenvalue weighted by Crippen LogP contribution is -2.69. The van der Waals surface area contributed by atoms with Crippen LogP contribution in [0.1, 0.15) is 229 Å². The summed E-state index contributed by atoms with van der Waals surface area (Å²) < 4.78 is 40.0. The van der Waals surface area contributed by atoms with Crippen molar-refractivity contribution in [2.45, 2.75) is 319 Å². The van der Waals surface area contributed by atoms with Crippen LogP contribution in [0.25, 0.3) is 0 Å². The van der Waals surface area contributed by atoms with Gasteiger partial charge in [0.2, 0.25) is 83.5 Å². The lowest BCUT2D eigenvalue weighted by molar-refractivity contribution is -0.220. The van der Waals surface area contributed by atoms with Gasteiger partial charge in [0.05, 0.1) is 19.1 Å². The molecule has 36 heteroatoms. The smallest absolute Gasteiger partial charge is 0.456 e. The molecule has 1 heterocycles. The minimum Gasteiger partial charge on any atom is -0.456 e. The van der Waals surface area contributed by atoms with Gasteiger partial charge in [0.25, 0.3) is 0 Å². The third kappa shape index (κ3) is 26.0. The Kier molecular flexibility index (Phi) is 40.3. The summed E-state index contributed by atoms with van der Waals surface area (Å²) in [6, 6.07) is -15.3. The van der Waals surface area contributed by atoms with Crippen LogP contribution < -0.4 is 26.6 Å². The zero-order valence-electron chi connectivity index (χ0n) is 82.8. The number of Topliss-reactive ketones (excluding diaryl/α,β-unsaturated/α-hetero) is 1. The van der Waals surface area contributed by atoms with E-state index in [1.54, 1.807) is 95.2 Å². The van der Waals surface area contributed by atoms with Crippen LogP contribution in [-0.2, 0) is 95.7 Å². The van der Waals surface area contributed by atoms with E-state index in [2.05, 4.69) is 26.6 Å². The fourth-order valence-electron chi connectivity index (χ4n) is 19.6. The summed E-state index contributed by atoms with van der Waals surface area (Å²) in [7, 11) is 9.38. The number of allylic oxidation sites excluding steroid dienone is 6. The number of carbonyl (C=O) groups excluding carboxylic acids is 17. The highest BCUT2D eigenvalue weighted by atomic mass is 19.1. The van der Waals surface area contributed by atoms with E-state index in [0.717, 1.165) is 19.6 Å². The average molecular weight is 1850 g/mol. The molecule has 9 unspecified atom stereocenters. The van der Waals surface area contributed by atoms with E-state index in [0.29, 0.717) is 12.0 Å². The van der Waals surface area contributed by atoms with E-state index in [-0.39, 0.29) is 87.2 Å². The number of nitrogens with zero attached hydrogens (tertiary/aromatic N) is 7. The van der Waals surface area contributed by atoms with Crippen LogP contribution in [0.4, 0.5) is 9.18 Å². The van der Waals surface area contributed by atoms with Crippen LogP contribution in [0.5, 0.6) is 0 Å². The molecule has 0 aromatic heterocycles. The minimum atomic E-state index is -2.24. The van der Waals surface area contributed by atoms with Gasteiger partial charge in [-0.05, 0) is 163 Å². The van der Waals surface area contributed by atoms with Crippen molar-refractivity contribution in [1.82, 2.24) is 60.9 Å². The summed E-state index contributed by atoms with van der Waals surface area (Å²) >= 11 is 0. The molecule has 0 bridgehead atoms. The molecule has 0 spiro atoms. The molecule has 4 fully saturated rings. The van der Waals surface area contributed by atoms with E-state index >= 15 is 23.6 Å². The van der Waals surface area contributed by atoms with Gasteiger partial charge < -0.3 is 90.0 Å². The highest BCUT2D eigenvalue weighted by Gasteiger charge is 2.76. The summed E-state index contributed by atoms with van der Waals surface area (Å²) in [6.07, 6.45) is 1.86. The zero-order chi connectivity index (χ0) is 99.8. The molecule has 0 radical (unpaired) electrons. The van der Waals surface area contributed by atoms with Crippen LogP contribution in [0, 0.1) is 75.9 Å². The topological polar surface area (TPSA) is 450 Å². The monoisotopic (exact) mass is 1850 g/mol. The quantitative estimate of drug-likeness (QED) is 0.0205. The number of esters is 2. The van der Waals surface area contributed by atoms with E-state index < -0.39 is 270 Å². The molecule has 738 valence electrons. The Morgan fingerprint density at radius 1 is 0.595 bits per heavy atom. The van der Waals surface area contributed by atoms with Gasteiger partial charge in [-0.15, -0.1) is 0 Å². The van der Waals surface area contributed by atoms with Gasteiger partial charge in [0, 0.05) is 72.5 Å². The Bertz CT molecular complexity index is 4240. The number of amides is 12. The number of ether oxygens (including phenoxy) is 4. The highest BCUT2D eigenvalue weighted by Crippen LogP contribution is 2.71. The van der Waals surface area contributed by atoms with Crippen molar-refractivity contribution in [2.75, 3.05) is 69.3 Å². The fraction of sp³-hybridized carbons (Fsp3) is 0.758. The highest BCUT2D eigenvalue weighted by molar-refractivity contribution is 6.02. The number of alkyl halides is 1. The average Bonchev–Trinajstić information content (AvgIpc) is 1.56. The Labute approximate surface area is 773 Å². The fourth-order valence-corrected chi connectivity index (χ4v) is 19.6. The van der Waals surface area contributed by atoms with Gasteiger partial charge in [-0.1, -0.05) is 148 Å². The number of hydrogen-bond acceptors (Lipinski definition) is 23. The Morgan fingerprint density at radius 2 is 1.11 bits per heavy atom. The summed E-state index contributed by atoms with van der Waals surface area (Å²) in [5.41, 5.74) is -6.59. The minimum absolute atomic E-state index is 0.0129. The van der Waals surface area contributed by atoms with Crippen LogP contribution in [0.3, 0.4) is 0 Å². The molecule has 12 amide bonds. The van der Waals surface area contributed by atoms with Gasteiger partial charge in [-0.3, -0.25) is 71.9 Å². The van der Waals surface area contributed by atoms with Gasteiger partial charge in [-0.2, -0.15) is 0 Å². The number of aliphatic hydroxyl groups excluding tert-OH is 1. The summed E-state index contributed by atoms with van der Waals surface area (Å²) in [6.45, 7) is 34.1. The number of aliphatic hydroxyl groups is 2. The molecule has 5 rings (SSSR count). The first-order valence-corrected chi connectivity index (χ1v) is 46.4. The van der Waals surface area contributed by atoms with Crippen molar-refractivity contribution >= 4 is 101 Å². The molecule has 5 aliphatic rings. The van der Waals surface area contributed by atoms with Crippen molar-refractivity contribution in [2.24, 2.45) is 75.9 Å². The third-order valence-electron chi connectivity index (χ3n) is 27.5. The first kappa shape index (κ1) is 112. The second-order valence-corrected chi connectivity index (χ2v) is 40.2. The predicted octanol–water partition coefficient (Wildman–Crippen LogP) is 6.31. The van der Waals surface area contributed by atoms with Crippen LogP contribution >= 0.6 is 0 Å². The first-order chi connectivity index (χ1) is 60.7. The second-order valence-electron chi connectivity index (χ2n) is 40.2. The lowest BCUT2D eigenvalue weighted by Gasteiger charge is -2.62. The molecule has 1 saturated heterocycles. The number of rotatable bonds is 27. The van der Waals surface area contributed by atoms with Gasteiger partial charge in [0.15, 0.2) is 18.1 Å². The molecule has 131 heavy (non-hydrogen) atoms. The molecule has 0 aromatic carbocycles. The molecule has 3 saturated carbocycles. The van der Waals surface area contributed by atoms with Crippen LogP contribution in [0.2, 0.25) is 0 Å². The normalized spacial score (nSPS) is 30.5. The molecule has 21 atom stereocenters. The molecule has 4 aliphatic carbocycles. The Balaban J connectivity index is 1.49. The van der Waals surface area contributed by atoms with Crippen LogP contribution in [-0.4, -0.2) is 304 Å². The number of nitrogens with one attached hydrogen (secondary N) is 5. The van der Waals surface area contributed by atoms with Crippen molar-refractivity contribution in [3.05, 3.63) is 36.0 Å². The largest absolute Gasteiger partial charge is 0.511 e. The second kappa shape index (κ2) is 47.3. The van der Waals surface area contributed by atoms with E-state index in [1.165, 1.54) is 96.1 Å². The maximum atomic E-state index is 17.9. The van der Waals surface area contributed by atoms with Gasteiger partial charge >= 0.3 is 18.1 Å². The lowest BCUT2D eigenvalue weighted by atomic mass is 9.44. The summed E-state index contributed by atoms with van der Waals surface area (Å²) in [5.74, 6) is -19.1. The molecule has 35 nitrogen and oxygen atoms in total. The van der Waals surface area contributed by atoms with Crippen molar-refractivity contribution in [1.29, 1.82) is 0 Å². The van der Waals surface area contributed by atoms with Gasteiger partial charge in [-0.25, -0.2) is 14.0 Å². The number of hydrogen-bond donors (Lipinski definition) is 7. The predicted molar refractivity (Wildman–Crippen MR) is 485 cm³/mol.